The monoisotopic (exact) mass is 472 g/mol. The Hall–Kier alpha value is -4.10. The van der Waals surface area contributed by atoms with E-state index < -0.39 is 10.0 Å². The quantitative estimate of drug-likeness (QED) is 0.352. The lowest BCUT2D eigenvalue weighted by Crippen LogP contribution is -2.16. The zero-order valence-electron chi connectivity index (χ0n) is 18.6. The fourth-order valence-electron chi connectivity index (χ4n) is 3.45. The third-order valence-electron chi connectivity index (χ3n) is 5.02. The second kappa shape index (κ2) is 10.2. The van der Waals surface area contributed by atoms with Gasteiger partial charge < -0.3 is 10.1 Å². The fourth-order valence-corrected chi connectivity index (χ4v) is 4.02. The third-order valence-corrected chi connectivity index (χ3v) is 5.61. The van der Waals surface area contributed by atoms with Crippen LogP contribution < -0.4 is 14.8 Å². The highest BCUT2D eigenvalue weighted by Gasteiger charge is 2.18. The van der Waals surface area contributed by atoms with E-state index >= 15 is 0 Å². The van der Waals surface area contributed by atoms with Crippen LogP contribution in [0.4, 0.5) is 11.4 Å². The highest BCUT2D eigenvalue weighted by atomic mass is 32.2. The van der Waals surface area contributed by atoms with E-state index in [0.717, 1.165) is 22.9 Å². The van der Waals surface area contributed by atoms with Crippen LogP contribution in [0.5, 0.6) is 5.75 Å². The van der Waals surface area contributed by atoms with Crippen molar-refractivity contribution in [1.82, 2.24) is 0 Å². The molecule has 0 unspecified atom stereocenters. The van der Waals surface area contributed by atoms with E-state index in [9.17, 15) is 13.2 Å². The molecule has 0 aliphatic heterocycles. The van der Waals surface area contributed by atoms with Crippen molar-refractivity contribution < 1.29 is 17.9 Å². The maximum atomic E-state index is 12.9. The van der Waals surface area contributed by atoms with Crippen LogP contribution in [0.1, 0.15) is 15.9 Å². The SMILES string of the molecule is CS(=O)(=O)Nc1cc(OCc2ccccc2)c(-c2ccccc2)cc1NC(=O)c1ccccc1. The molecule has 0 bridgehead atoms. The molecule has 0 atom stereocenters. The Morgan fingerprint density at radius 1 is 0.794 bits per heavy atom. The summed E-state index contributed by atoms with van der Waals surface area (Å²) in [5.74, 6) is 0.132. The first kappa shape index (κ1) is 23.1. The summed E-state index contributed by atoms with van der Waals surface area (Å²) >= 11 is 0. The van der Waals surface area contributed by atoms with Crippen LogP contribution in [0, 0.1) is 0 Å². The molecule has 0 aliphatic carbocycles. The molecule has 0 radical (unpaired) electrons. The molecule has 172 valence electrons. The third kappa shape index (κ3) is 6.02. The molecular weight excluding hydrogens is 448 g/mol. The molecule has 0 saturated carbocycles. The van der Waals surface area contributed by atoms with Crippen molar-refractivity contribution in [2.24, 2.45) is 0 Å². The number of carbonyl (C=O) groups excluding carboxylic acids is 1. The minimum atomic E-state index is -3.62. The second-order valence-corrected chi connectivity index (χ2v) is 9.48. The summed E-state index contributed by atoms with van der Waals surface area (Å²) in [4.78, 5) is 12.9. The Bertz CT molecular complexity index is 1370. The maximum Gasteiger partial charge on any atom is 0.255 e. The Morgan fingerprint density at radius 3 is 2.00 bits per heavy atom. The van der Waals surface area contributed by atoms with Crippen molar-refractivity contribution >= 4 is 27.3 Å². The molecule has 0 spiro atoms. The van der Waals surface area contributed by atoms with Crippen molar-refractivity contribution in [2.75, 3.05) is 16.3 Å². The van der Waals surface area contributed by atoms with Gasteiger partial charge in [0.15, 0.2) is 0 Å². The van der Waals surface area contributed by atoms with Gasteiger partial charge in [-0.1, -0.05) is 78.9 Å². The zero-order chi connectivity index (χ0) is 24.0. The van der Waals surface area contributed by atoms with E-state index in [1.54, 1.807) is 36.4 Å². The number of hydrogen-bond donors (Lipinski definition) is 2. The molecule has 34 heavy (non-hydrogen) atoms. The van der Waals surface area contributed by atoms with E-state index in [-0.39, 0.29) is 11.6 Å². The molecule has 4 aromatic carbocycles. The first-order valence-electron chi connectivity index (χ1n) is 10.6. The lowest BCUT2D eigenvalue weighted by atomic mass is 10.0. The van der Waals surface area contributed by atoms with E-state index in [4.69, 9.17) is 4.74 Å². The molecule has 1 amide bonds. The van der Waals surface area contributed by atoms with Gasteiger partial charge in [-0.05, 0) is 29.3 Å². The van der Waals surface area contributed by atoms with Crippen LogP contribution in [0.25, 0.3) is 11.1 Å². The van der Waals surface area contributed by atoms with Gasteiger partial charge in [0, 0.05) is 17.2 Å². The van der Waals surface area contributed by atoms with Gasteiger partial charge >= 0.3 is 0 Å². The van der Waals surface area contributed by atoms with Gasteiger partial charge in [-0.25, -0.2) is 8.42 Å². The standard InChI is InChI=1S/C27H24N2O4S/c1-34(31,32)29-25-18-26(33-19-20-11-5-2-6-12-20)23(21-13-7-3-8-14-21)17-24(25)28-27(30)22-15-9-4-10-16-22/h2-18,29H,19H2,1H3,(H,28,30). The highest BCUT2D eigenvalue weighted by molar-refractivity contribution is 7.92. The van der Waals surface area contributed by atoms with Gasteiger partial charge in [0.2, 0.25) is 10.0 Å². The van der Waals surface area contributed by atoms with Crippen LogP contribution in [-0.2, 0) is 16.6 Å². The minimum absolute atomic E-state index is 0.217. The van der Waals surface area contributed by atoms with Gasteiger partial charge in [-0.2, -0.15) is 0 Å². The van der Waals surface area contributed by atoms with Gasteiger partial charge in [-0.3, -0.25) is 9.52 Å². The Labute approximate surface area is 199 Å². The molecular formula is C27H24N2O4S. The summed E-state index contributed by atoms with van der Waals surface area (Å²) in [5.41, 5.74) is 3.56. The average Bonchev–Trinajstić information content (AvgIpc) is 2.84. The number of benzene rings is 4. The largest absolute Gasteiger partial charge is 0.488 e. The summed E-state index contributed by atoms with van der Waals surface area (Å²) < 4.78 is 32.8. The van der Waals surface area contributed by atoms with Crippen LogP contribution in [0.2, 0.25) is 0 Å². The molecule has 0 aromatic heterocycles. The maximum absolute atomic E-state index is 12.9. The number of rotatable bonds is 8. The van der Waals surface area contributed by atoms with E-state index in [0.29, 0.717) is 23.6 Å². The van der Waals surface area contributed by atoms with Crippen molar-refractivity contribution in [3.05, 3.63) is 114 Å². The Kier molecular flexibility index (Phi) is 6.94. The number of sulfonamides is 1. The summed E-state index contributed by atoms with van der Waals surface area (Å²) in [7, 11) is -3.62. The average molecular weight is 473 g/mol. The molecule has 4 aromatic rings. The lowest BCUT2D eigenvalue weighted by molar-refractivity contribution is 0.102. The van der Waals surface area contributed by atoms with E-state index in [1.165, 1.54) is 0 Å². The van der Waals surface area contributed by atoms with Gasteiger partial charge in [0.05, 0.1) is 17.6 Å². The number of nitrogens with one attached hydrogen (secondary N) is 2. The summed E-state index contributed by atoms with van der Waals surface area (Å²) in [6.07, 6.45) is 1.06. The summed E-state index contributed by atoms with van der Waals surface area (Å²) in [5, 5.41) is 2.84. The Morgan fingerprint density at radius 2 is 1.38 bits per heavy atom. The molecule has 0 aliphatic rings. The predicted molar refractivity (Wildman–Crippen MR) is 136 cm³/mol. The first-order chi connectivity index (χ1) is 16.4. The van der Waals surface area contributed by atoms with Crippen molar-refractivity contribution in [1.29, 1.82) is 0 Å². The van der Waals surface area contributed by atoms with Gasteiger partial charge in [0.25, 0.3) is 5.91 Å². The number of amides is 1. The molecule has 4 rings (SSSR count). The number of ether oxygens (including phenoxy) is 1. The second-order valence-electron chi connectivity index (χ2n) is 7.73. The normalized spacial score (nSPS) is 11.0. The summed E-state index contributed by atoms with van der Waals surface area (Å²) in [6, 6.07) is 31.3. The van der Waals surface area contributed by atoms with Crippen LogP contribution >= 0.6 is 0 Å². The molecule has 2 N–H and O–H groups in total. The zero-order valence-corrected chi connectivity index (χ0v) is 19.4. The van der Waals surface area contributed by atoms with Crippen LogP contribution in [-0.4, -0.2) is 20.6 Å². The lowest BCUT2D eigenvalue weighted by Gasteiger charge is -2.18. The highest BCUT2D eigenvalue weighted by Crippen LogP contribution is 2.39. The smallest absolute Gasteiger partial charge is 0.255 e. The number of carbonyl (C=O) groups is 1. The number of anilines is 2. The predicted octanol–water partition coefficient (Wildman–Crippen LogP) is 5.56. The van der Waals surface area contributed by atoms with Crippen molar-refractivity contribution in [2.45, 2.75) is 6.61 Å². The van der Waals surface area contributed by atoms with Crippen LogP contribution in [0.15, 0.2) is 103 Å². The molecule has 0 saturated heterocycles. The molecule has 6 nitrogen and oxygen atoms in total. The first-order valence-corrected chi connectivity index (χ1v) is 12.5. The summed E-state index contributed by atoms with van der Waals surface area (Å²) in [6.45, 7) is 0.300. The Balaban J connectivity index is 1.78. The van der Waals surface area contributed by atoms with Crippen molar-refractivity contribution in [3.8, 4) is 16.9 Å². The molecule has 7 heteroatoms. The van der Waals surface area contributed by atoms with Gasteiger partial charge in [-0.15, -0.1) is 0 Å². The molecule has 0 heterocycles. The van der Waals surface area contributed by atoms with E-state index in [2.05, 4.69) is 10.0 Å². The molecule has 0 fully saturated rings. The fraction of sp³-hybridized carbons (Fsp3) is 0.0741. The van der Waals surface area contributed by atoms with Gasteiger partial charge in [0.1, 0.15) is 12.4 Å². The minimum Gasteiger partial charge on any atom is -0.488 e. The topological polar surface area (TPSA) is 84.5 Å². The van der Waals surface area contributed by atoms with Crippen molar-refractivity contribution in [3.63, 3.8) is 0 Å². The van der Waals surface area contributed by atoms with E-state index in [1.807, 2.05) is 66.7 Å². The van der Waals surface area contributed by atoms with Crippen LogP contribution in [0.3, 0.4) is 0 Å². The number of hydrogen-bond acceptors (Lipinski definition) is 4.